The van der Waals surface area contributed by atoms with Crippen LogP contribution in [0.15, 0.2) is 53.3 Å². The highest BCUT2D eigenvalue weighted by molar-refractivity contribution is 5.97. The fourth-order valence-corrected chi connectivity index (χ4v) is 2.81. The Morgan fingerprint density at radius 1 is 1.08 bits per heavy atom. The minimum Gasteiger partial charge on any atom is -0.326 e. The second-order valence-corrected chi connectivity index (χ2v) is 6.39. The minimum absolute atomic E-state index is 0.0403. The molecule has 1 aromatic heterocycles. The maximum atomic E-state index is 12.2. The van der Waals surface area contributed by atoms with E-state index in [9.17, 15) is 14.4 Å². The molecule has 1 amide bonds. The molecule has 0 bridgehead atoms. The first-order valence-corrected chi connectivity index (χ1v) is 8.46. The lowest BCUT2D eigenvalue weighted by molar-refractivity contribution is -0.116. The summed E-state index contributed by atoms with van der Waals surface area (Å²) in [7, 11) is 0. The van der Waals surface area contributed by atoms with Gasteiger partial charge in [0.15, 0.2) is 5.78 Å². The number of hydrogen-bond donors (Lipinski definition) is 2. The Hall–Kier alpha value is -3.21. The van der Waals surface area contributed by atoms with Crippen molar-refractivity contribution in [2.45, 2.75) is 26.7 Å². The fraction of sp³-hybridized carbons (Fsp3) is 0.190. The first kappa shape index (κ1) is 17.6. The standard InChI is InChI=1S/C21H20N2O3/c1-13-10-17-8-6-15(11-19(17)23-21(13)26)7-9-20(25)22-18-5-3-4-16(12-18)14(2)24/h3-6,8,10-12H,7,9H2,1-2H3,(H,22,25)(H,23,26). The van der Waals surface area contributed by atoms with Gasteiger partial charge in [0.05, 0.1) is 0 Å². The van der Waals surface area contributed by atoms with Gasteiger partial charge in [-0.15, -0.1) is 0 Å². The van der Waals surface area contributed by atoms with Crippen molar-refractivity contribution in [2.24, 2.45) is 0 Å². The SMILES string of the molecule is CC(=O)c1cccc(NC(=O)CCc2ccc3cc(C)c(=O)[nH]c3c2)c1. The van der Waals surface area contributed by atoms with E-state index in [0.29, 0.717) is 29.7 Å². The zero-order valence-electron chi connectivity index (χ0n) is 14.8. The van der Waals surface area contributed by atoms with E-state index in [-0.39, 0.29) is 17.2 Å². The number of pyridine rings is 1. The Labute approximate surface area is 151 Å². The van der Waals surface area contributed by atoms with Gasteiger partial charge in [0.2, 0.25) is 5.91 Å². The van der Waals surface area contributed by atoms with Crippen LogP contribution in [0, 0.1) is 6.92 Å². The summed E-state index contributed by atoms with van der Waals surface area (Å²) in [6, 6.07) is 14.6. The van der Waals surface area contributed by atoms with Crippen molar-refractivity contribution < 1.29 is 9.59 Å². The van der Waals surface area contributed by atoms with Crippen LogP contribution in [-0.4, -0.2) is 16.7 Å². The molecule has 5 heteroatoms. The molecule has 2 N–H and O–H groups in total. The zero-order chi connectivity index (χ0) is 18.7. The molecule has 0 aliphatic carbocycles. The smallest absolute Gasteiger partial charge is 0.251 e. The number of carbonyl (C=O) groups is 2. The highest BCUT2D eigenvalue weighted by Crippen LogP contribution is 2.16. The van der Waals surface area contributed by atoms with Gasteiger partial charge < -0.3 is 10.3 Å². The van der Waals surface area contributed by atoms with Crippen molar-refractivity contribution >= 4 is 28.3 Å². The number of rotatable bonds is 5. The van der Waals surface area contributed by atoms with Gasteiger partial charge in [0.25, 0.3) is 5.56 Å². The summed E-state index contributed by atoms with van der Waals surface area (Å²) < 4.78 is 0. The van der Waals surface area contributed by atoms with E-state index in [1.807, 2.05) is 24.3 Å². The Balaban J connectivity index is 1.67. The van der Waals surface area contributed by atoms with Crippen molar-refractivity contribution in [3.8, 4) is 0 Å². The average Bonchev–Trinajstić information content (AvgIpc) is 2.61. The van der Waals surface area contributed by atoms with Crippen LogP contribution < -0.4 is 10.9 Å². The number of anilines is 1. The molecule has 1 heterocycles. The molecule has 0 aliphatic rings. The Morgan fingerprint density at radius 2 is 1.88 bits per heavy atom. The van der Waals surface area contributed by atoms with Crippen LogP contribution in [0.1, 0.15) is 34.8 Å². The zero-order valence-corrected chi connectivity index (χ0v) is 14.8. The van der Waals surface area contributed by atoms with Crippen LogP contribution in [0.3, 0.4) is 0 Å². The minimum atomic E-state index is -0.122. The van der Waals surface area contributed by atoms with Crippen LogP contribution in [0.25, 0.3) is 10.9 Å². The molecule has 0 fully saturated rings. The third-order valence-electron chi connectivity index (χ3n) is 4.29. The number of carbonyl (C=O) groups excluding carboxylic acids is 2. The molecular formula is C21H20N2O3. The molecule has 2 aromatic carbocycles. The summed E-state index contributed by atoms with van der Waals surface area (Å²) in [5, 5.41) is 3.78. The van der Waals surface area contributed by atoms with Gasteiger partial charge in [-0.05, 0) is 55.5 Å². The number of Topliss-reactive ketones (excluding diaryl/α,β-unsaturated/α-hetero) is 1. The Kier molecular flexibility index (Phi) is 4.98. The van der Waals surface area contributed by atoms with Gasteiger partial charge in [-0.3, -0.25) is 14.4 Å². The molecule has 26 heavy (non-hydrogen) atoms. The number of hydrogen-bond acceptors (Lipinski definition) is 3. The summed E-state index contributed by atoms with van der Waals surface area (Å²) in [6.45, 7) is 3.27. The summed E-state index contributed by atoms with van der Waals surface area (Å²) in [5.74, 6) is -0.162. The second kappa shape index (κ2) is 7.35. The number of aromatic nitrogens is 1. The van der Waals surface area contributed by atoms with Crippen molar-refractivity contribution in [2.75, 3.05) is 5.32 Å². The van der Waals surface area contributed by atoms with Crippen molar-refractivity contribution in [3.05, 3.63) is 75.6 Å². The first-order chi connectivity index (χ1) is 12.4. The number of amides is 1. The summed E-state index contributed by atoms with van der Waals surface area (Å²) in [4.78, 5) is 38.2. The summed E-state index contributed by atoms with van der Waals surface area (Å²) in [6.07, 6.45) is 0.871. The number of nitrogens with one attached hydrogen (secondary N) is 2. The molecule has 0 spiro atoms. The predicted octanol–water partition coefficient (Wildman–Crippen LogP) is 3.61. The molecule has 0 unspecified atom stereocenters. The van der Waals surface area contributed by atoms with Gasteiger partial charge >= 0.3 is 0 Å². The van der Waals surface area contributed by atoms with Gasteiger partial charge in [-0.25, -0.2) is 0 Å². The second-order valence-electron chi connectivity index (χ2n) is 6.39. The number of benzene rings is 2. The number of ketones is 1. The molecule has 3 rings (SSSR count). The van der Waals surface area contributed by atoms with E-state index in [1.165, 1.54) is 6.92 Å². The van der Waals surface area contributed by atoms with Gasteiger partial charge in [0, 0.05) is 28.8 Å². The van der Waals surface area contributed by atoms with E-state index >= 15 is 0 Å². The van der Waals surface area contributed by atoms with Crippen molar-refractivity contribution in [1.29, 1.82) is 0 Å². The molecular weight excluding hydrogens is 328 g/mol. The molecule has 0 radical (unpaired) electrons. The third-order valence-corrected chi connectivity index (χ3v) is 4.29. The number of aryl methyl sites for hydroxylation is 2. The Morgan fingerprint density at radius 3 is 2.65 bits per heavy atom. The lowest BCUT2D eigenvalue weighted by Gasteiger charge is -2.07. The average molecular weight is 348 g/mol. The maximum Gasteiger partial charge on any atom is 0.251 e. The van der Waals surface area contributed by atoms with Gasteiger partial charge in [-0.2, -0.15) is 0 Å². The molecule has 0 atom stereocenters. The molecule has 3 aromatic rings. The lowest BCUT2D eigenvalue weighted by atomic mass is 10.1. The van der Waals surface area contributed by atoms with E-state index in [1.54, 1.807) is 31.2 Å². The van der Waals surface area contributed by atoms with Crippen LogP contribution in [0.5, 0.6) is 0 Å². The van der Waals surface area contributed by atoms with Gasteiger partial charge in [-0.1, -0.05) is 24.3 Å². The number of aromatic amines is 1. The fourth-order valence-electron chi connectivity index (χ4n) is 2.81. The number of fused-ring (bicyclic) bond motifs is 1. The molecule has 0 aliphatic heterocycles. The predicted molar refractivity (Wildman–Crippen MR) is 103 cm³/mol. The highest BCUT2D eigenvalue weighted by atomic mass is 16.1. The number of H-pyrrole nitrogens is 1. The summed E-state index contributed by atoms with van der Waals surface area (Å²) in [5.41, 5.74) is 3.50. The van der Waals surface area contributed by atoms with Gasteiger partial charge in [0.1, 0.15) is 0 Å². The maximum absolute atomic E-state index is 12.2. The van der Waals surface area contributed by atoms with E-state index in [2.05, 4.69) is 10.3 Å². The highest BCUT2D eigenvalue weighted by Gasteiger charge is 2.07. The van der Waals surface area contributed by atoms with Crippen LogP contribution in [0.4, 0.5) is 5.69 Å². The largest absolute Gasteiger partial charge is 0.326 e. The molecule has 5 nitrogen and oxygen atoms in total. The topological polar surface area (TPSA) is 79.0 Å². The molecule has 0 saturated carbocycles. The van der Waals surface area contributed by atoms with Crippen molar-refractivity contribution in [1.82, 2.24) is 4.98 Å². The molecule has 132 valence electrons. The van der Waals surface area contributed by atoms with Crippen LogP contribution in [0.2, 0.25) is 0 Å². The lowest BCUT2D eigenvalue weighted by Crippen LogP contribution is -2.13. The van der Waals surface area contributed by atoms with Crippen LogP contribution in [-0.2, 0) is 11.2 Å². The monoisotopic (exact) mass is 348 g/mol. The quantitative estimate of drug-likeness (QED) is 0.691. The van der Waals surface area contributed by atoms with Crippen molar-refractivity contribution in [3.63, 3.8) is 0 Å². The normalized spacial score (nSPS) is 10.7. The van der Waals surface area contributed by atoms with E-state index < -0.39 is 0 Å². The van der Waals surface area contributed by atoms with Crippen LogP contribution >= 0.6 is 0 Å². The van der Waals surface area contributed by atoms with E-state index in [4.69, 9.17) is 0 Å². The summed E-state index contributed by atoms with van der Waals surface area (Å²) >= 11 is 0. The first-order valence-electron chi connectivity index (χ1n) is 8.46. The third kappa shape index (κ3) is 4.06. The Bertz CT molecular complexity index is 1050. The molecule has 0 saturated heterocycles. The van der Waals surface area contributed by atoms with E-state index in [0.717, 1.165) is 16.5 Å².